The number of carbonyl (C=O) groups is 2. The molecule has 0 unspecified atom stereocenters. The van der Waals surface area contributed by atoms with Gasteiger partial charge in [-0.2, -0.15) is 0 Å². The lowest BCUT2D eigenvalue weighted by Crippen LogP contribution is -2.46. The minimum absolute atomic E-state index is 0.0208. The molecule has 0 spiro atoms. The molecule has 0 aromatic heterocycles. The van der Waals surface area contributed by atoms with Gasteiger partial charge in [-0.3, -0.25) is 4.79 Å². The molecule has 3 rings (SSSR count). The number of nitrogens with one attached hydrogen (secondary N) is 1. The molecule has 2 amide bonds. The standard InChI is InChI=1S/C24H29FN2O5/c1-4-31-21-12-17-10-11-27(24(29)26-15-16-6-8-18(25)9-7-16)20(14-23(28)30-3)19(17)13-22(21)32-5-2/h6-9,12-13,20H,4-5,10-11,14-15H2,1-3H3,(H,26,29)/t20-/m0/s1. The quantitative estimate of drug-likeness (QED) is 0.623. The second-order valence-electron chi connectivity index (χ2n) is 7.39. The Bertz CT molecular complexity index is 948. The lowest BCUT2D eigenvalue weighted by molar-refractivity contribution is -0.141. The van der Waals surface area contributed by atoms with Gasteiger partial charge < -0.3 is 24.4 Å². The maximum atomic E-state index is 13.1. The van der Waals surface area contributed by atoms with Crippen molar-refractivity contribution in [1.82, 2.24) is 10.2 Å². The van der Waals surface area contributed by atoms with Crippen molar-refractivity contribution in [1.29, 1.82) is 0 Å². The molecule has 172 valence electrons. The Kier molecular flexibility index (Phi) is 7.92. The summed E-state index contributed by atoms with van der Waals surface area (Å²) in [6.45, 7) is 5.44. The van der Waals surface area contributed by atoms with E-state index in [9.17, 15) is 14.0 Å². The monoisotopic (exact) mass is 444 g/mol. The van der Waals surface area contributed by atoms with Crippen molar-refractivity contribution in [3.8, 4) is 11.5 Å². The highest BCUT2D eigenvalue weighted by molar-refractivity contribution is 5.77. The average molecular weight is 445 g/mol. The fraction of sp³-hybridized carbons (Fsp3) is 0.417. The van der Waals surface area contributed by atoms with Crippen LogP contribution in [0.15, 0.2) is 36.4 Å². The molecule has 1 atom stereocenters. The maximum Gasteiger partial charge on any atom is 0.318 e. The van der Waals surface area contributed by atoms with Crippen LogP contribution in [0.5, 0.6) is 11.5 Å². The molecule has 1 aliphatic rings. The van der Waals surface area contributed by atoms with Gasteiger partial charge in [0.1, 0.15) is 5.82 Å². The molecule has 0 radical (unpaired) electrons. The number of carbonyl (C=O) groups excluding carboxylic acids is 2. The lowest BCUT2D eigenvalue weighted by atomic mass is 9.90. The van der Waals surface area contributed by atoms with E-state index in [1.165, 1.54) is 19.2 Å². The largest absolute Gasteiger partial charge is 0.490 e. The molecule has 0 saturated carbocycles. The van der Waals surface area contributed by atoms with Gasteiger partial charge in [-0.1, -0.05) is 12.1 Å². The number of halogens is 1. The van der Waals surface area contributed by atoms with Crippen LogP contribution >= 0.6 is 0 Å². The van der Waals surface area contributed by atoms with E-state index in [1.807, 2.05) is 26.0 Å². The Morgan fingerprint density at radius 1 is 1.09 bits per heavy atom. The second-order valence-corrected chi connectivity index (χ2v) is 7.39. The molecule has 0 bridgehead atoms. The Hall–Kier alpha value is -3.29. The zero-order valence-electron chi connectivity index (χ0n) is 18.7. The number of methoxy groups -OCH3 is 1. The summed E-state index contributed by atoms with van der Waals surface area (Å²) >= 11 is 0. The molecular formula is C24H29FN2O5. The summed E-state index contributed by atoms with van der Waals surface area (Å²) in [6.07, 6.45) is 0.635. The first-order valence-corrected chi connectivity index (χ1v) is 10.7. The van der Waals surface area contributed by atoms with Gasteiger partial charge in [0.15, 0.2) is 11.5 Å². The number of hydrogen-bond acceptors (Lipinski definition) is 5. The molecule has 0 aliphatic carbocycles. The molecule has 2 aromatic rings. The number of nitrogens with zero attached hydrogens (tertiary/aromatic N) is 1. The van der Waals surface area contributed by atoms with Crippen LogP contribution in [0.2, 0.25) is 0 Å². The first kappa shape index (κ1) is 23.4. The van der Waals surface area contributed by atoms with Crippen LogP contribution in [-0.2, 0) is 22.5 Å². The third kappa shape index (κ3) is 5.49. The fourth-order valence-corrected chi connectivity index (χ4v) is 3.83. The Balaban J connectivity index is 1.87. The van der Waals surface area contributed by atoms with Crippen LogP contribution in [0, 0.1) is 5.82 Å². The van der Waals surface area contributed by atoms with Gasteiger partial charge in [0.2, 0.25) is 0 Å². The third-order valence-electron chi connectivity index (χ3n) is 5.37. The van der Waals surface area contributed by atoms with E-state index in [2.05, 4.69) is 5.32 Å². The van der Waals surface area contributed by atoms with Crippen LogP contribution < -0.4 is 14.8 Å². The zero-order chi connectivity index (χ0) is 23.1. The van der Waals surface area contributed by atoms with Crippen molar-refractivity contribution in [2.45, 2.75) is 39.3 Å². The van der Waals surface area contributed by atoms with Crippen molar-refractivity contribution >= 4 is 12.0 Å². The minimum atomic E-state index is -0.505. The second kappa shape index (κ2) is 10.8. The van der Waals surface area contributed by atoms with E-state index in [-0.39, 0.29) is 24.8 Å². The average Bonchev–Trinajstić information content (AvgIpc) is 2.79. The van der Waals surface area contributed by atoms with Gasteiger partial charge in [0, 0.05) is 13.1 Å². The summed E-state index contributed by atoms with van der Waals surface area (Å²) in [6, 6.07) is 8.93. The van der Waals surface area contributed by atoms with E-state index in [4.69, 9.17) is 14.2 Å². The number of fused-ring (bicyclic) bond motifs is 1. The van der Waals surface area contributed by atoms with Gasteiger partial charge in [-0.05, 0) is 61.2 Å². The van der Waals surface area contributed by atoms with E-state index >= 15 is 0 Å². The van der Waals surface area contributed by atoms with Crippen LogP contribution in [-0.4, -0.2) is 43.8 Å². The summed E-state index contributed by atoms with van der Waals surface area (Å²) in [5, 5.41) is 2.87. The molecule has 1 aliphatic heterocycles. The topological polar surface area (TPSA) is 77.1 Å². The number of rotatable bonds is 8. The minimum Gasteiger partial charge on any atom is -0.490 e. The van der Waals surface area contributed by atoms with E-state index in [0.29, 0.717) is 37.7 Å². The first-order valence-electron chi connectivity index (χ1n) is 10.7. The van der Waals surface area contributed by atoms with Crippen LogP contribution in [0.3, 0.4) is 0 Å². The summed E-state index contributed by atoms with van der Waals surface area (Å²) in [5.41, 5.74) is 2.63. The zero-order valence-corrected chi connectivity index (χ0v) is 18.7. The maximum absolute atomic E-state index is 13.1. The van der Waals surface area contributed by atoms with Gasteiger partial charge >= 0.3 is 12.0 Å². The Labute approximate surface area is 187 Å². The lowest BCUT2D eigenvalue weighted by Gasteiger charge is -2.37. The Morgan fingerprint density at radius 2 is 1.75 bits per heavy atom. The van der Waals surface area contributed by atoms with E-state index in [1.54, 1.807) is 17.0 Å². The van der Waals surface area contributed by atoms with Crippen molar-refractivity contribution in [2.75, 3.05) is 26.9 Å². The summed E-state index contributed by atoms with van der Waals surface area (Å²) in [7, 11) is 1.33. The molecule has 1 N–H and O–H groups in total. The van der Waals surface area contributed by atoms with Crippen LogP contribution in [0.1, 0.15) is 43.0 Å². The number of esters is 1. The van der Waals surface area contributed by atoms with Crippen molar-refractivity contribution in [3.63, 3.8) is 0 Å². The fourth-order valence-electron chi connectivity index (χ4n) is 3.83. The van der Waals surface area contributed by atoms with Gasteiger partial charge in [0.25, 0.3) is 0 Å². The molecule has 8 heteroatoms. The summed E-state index contributed by atoms with van der Waals surface area (Å²) in [5.74, 6) is 0.490. The normalized spacial score (nSPS) is 15.0. The molecule has 32 heavy (non-hydrogen) atoms. The summed E-state index contributed by atoms with van der Waals surface area (Å²) < 4.78 is 29.5. The highest BCUT2D eigenvalue weighted by Gasteiger charge is 2.34. The van der Waals surface area contributed by atoms with E-state index < -0.39 is 12.0 Å². The smallest absolute Gasteiger partial charge is 0.318 e. The van der Waals surface area contributed by atoms with Crippen molar-refractivity contribution in [2.24, 2.45) is 0 Å². The molecule has 2 aromatic carbocycles. The molecule has 1 heterocycles. The molecule has 0 fully saturated rings. The number of urea groups is 1. The molecule has 0 saturated heterocycles. The summed E-state index contributed by atoms with van der Waals surface area (Å²) in [4.78, 5) is 26.9. The highest BCUT2D eigenvalue weighted by atomic mass is 19.1. The van der Waals surface area contributed by atoms with Crippen LogP contribution in [0.4, 0.5) is 9.18 Å². The number of benzene rings is 2. The van der Waals surface area contributed by atoms with E-state index in [0.717, 1.165) is 16.7 Å². The van der Waals surface area contributed by atoms with Crippen LogP contribution in [0.25, 0.3) is 0 Å². The number of ether oxygens (including phenoxy) is 3. The highest BCUT2D eigenvalue weighted by Crippen LogP contribution is 2.40. The van der Waals surface area contributed by atoms with Crippen molar-refractivity contribution in [3.05, 3.63) is 58.9 Å². The van der Waals surface area contributed by atoms with Gasteiger partial charge in [-0.15, -0.1) is 0 Å². The van der Waals surface area contributed by atoms with Gasteiger partial charge in [-0.25, -0.2) is 9.18 Å². The van der Waals surface area contributed by atoms with Crippen molar-refractivity contribution < 1.29 is 28.2 Å². The predicted octanol–water partition coefficient (Wildman–Crippen LogP) is 4.00. The Morgan fingerprint density at radius 3 is 2.38 bits per heavy atom. The number of amides is 2. The first-order chi connectivity index (χ1) is 15.5. The number of hydrogen-bond donors (Lipinski definition) is 1. The SMILES string of the molecule is CCOc1cc2c(cc1OCC)[C@H](CC(=O)OC)N(C(=O)NCc1ccc(F)cc1)CC2. The molecule has 7 nitrogen and oxygen atoms in total. The third-order valence-corrected chi connectivity index (χ3v) is 5.37. The molecular weight excluding hydrogens is 415 g/mol. The predicted molar refractivity (Wildman–Crippen MR) is 117 cm³/mol. The van der Waals surface area contributed by atoms with Gasteiger partial charge in [0.05, 0.1) is 32.8 Å².